The number of amidine groups is 1. The molecule has 0 aliphatic carbocycles. The number of aliphatic imine (C=N–C) groups is 1. The van der Waals surface area contributed by atoms with E-state index in [-0.39, 0.29) is 0 Å². The van der Waals surface area contributed by atoms with Gasteiger partial charge in [0.1, 0.15) is 12.4 Å². The van der Waals surface area contributed by atoms with Gasteiger partial charge in [-0.1, -0.05) is 11.8 Å². The number of thioether (sulfide) groups is 1. The van der Waals surface area contributed by atoms with E-state index in [1.165, 1.54) is 11.8 Å². The molecule has 3 N–H and O–H groups in total. The first kappa shape index (κ1) is 19.2. The Morgan fingerprint density at radius 3 is 2.64 bits per heavy atom. The largest absolute Gasteiger partial charge is 0.492 e. The summed E-state index contributed by atoms with van der Waals surface area (Å²) in [6, 6.07) is 7.96. The van der Waals surface area contributed by atoms with Crippen LogP contribution in [0.5, 0.6) is 5.75 Å². The molecule has 1 unspecified atom stereocenters. The summed E-state index contributed by atoms with van der Waals surface area (Å²) in [6.45, 7) is 2.76. The number of rotatable bonds is 6. The molecule has 0 radical (unpaired) electrons. The molecule has 8 heteroatoms. The minimum atomic E-state index is 0.346. The minimum Gasteiger partial charge on any atom is -0.492 e. The van der Waals surface area contributed by atoms with Gasteiger partial charge < -0.3 is 20.7 Å². The number of benzene rings is 1. The molecule has 1 aromatic rings. The number of likely N-dealkylation sites (N-methyl/N-ethyl adjacent to an activating group) is 1. The molecule has 0 spiro atoms. The zero-order valence-corrected chi connectivity index (χ0v) is 15.9. The highest BCUT2D eigenvalue weighted by atomic mass is 32.2. The molecule has 0 saturated carbocycles. The van der Waals surface area contributed by atoms with Crippen LogP contribution in [0.15, 0.2) is 29.3 Å². The highest BCUT2D eigenvalue weighted by molar-refractivity contribution is 8.16. The fourth-order valence-electron chi connectivity index (χ4n) is 1.37. The average Bonchev–Trinajstić information content (AvgIpc) is 2.46. The fraction of sp³-hybridized carbons (Fsp3) is 0.429. The van der Waals surface area contributed by atoms with Crippen molar-refractivity contribution in [3.63, 3.8) is 0 Å². The monoisotopic (exact) mass is 358 g/mol. The first-order chi connectivity index (χ1) is 10.4. The van der Waals surface area contributed by atoms with E-state index in [4.69, 9.17) is 22.7 Å². The van der Waals surface area contributed by atoms with E-state index >= 15 is 0 Å². The van der Waals surface area contributed by atoms with Crippen LogP contribution in [-0.4, -0.2) is 47.4 Å². The van der Waals surface area contributed by atoms with Gasteiger partial charge in [-0.2, -0.15) is 4.99 Å². The normalized spacial score (nSPS) is 13.0. The van der Waals surface area contributed by atoms with Crippen LogP contribution in [0, 0.1) is 0 Å². The number of ether oxygens (including phenoxy) is 1. The van der Waals surface area contributed by atoms with Crippen molar-refractivity contribution in [3.8, 4) is 5.75 Å². The summed E-state index contributed by atoms with van der Waals surface area (Å²) in [4.78, 5) is 6.21. The van der Waals surface area contributed by atoms with Gasteiger partial charge in [0.05, 0.1) is 0 Å². The second kappa shape index (κ2) is 10.0. The second-order valence-corrected chi connectivity index (χ2v) is 7.27. The zero-order valence-electron chi connectivity index (χ0n) is 13.1. The molecule has 0 aliphatic heterocycles. The van der Waals surface area contributed by atoms with Crippen LogP contribution in [0.3, 0.4) is 0 Å². The number of hydrogen-bond donors (Lipinski definition) is 2. The van der Waals surface area contributed by atoms with E-state index < -0.39 is 0 Å². The maximum Gasteiger partial charge on any atom is 0.199 e. The smallest absolute Gasteiger partial charge is 0.199 e. The van der Waals surface area contributed by atoms with Gasteiger partial charge in [-0.3, -0.25) is 0 Å². The second-order valence-electron chi connectivity index (χ2n) is 4.84. The van der Waals surface area contributed by atoms with Gasteiger partial charge in [-0.05, 0) is 57.5 Å². The van der Waals surface area contributed by atoms with E-state index in [9.17, 15) is 0 Å². The van der Waals surface area contributed by atoms with Crippen molar-refractivity contribution in [2.75, 3.05) is 31.5 Å². The number of nitrogens with zero attached hydrogens (tertiary/aromatic N) is 2. The lowest BCUT2D eigenvalue weighted by molar-refractivity contribution is 0.198. The van der Waals surface area contributed by atoms with E-state index in [1.54, 1.807) is 0 Å². The maximum absolute atomic E-state index is 5.73. The summed E-state index contributed by atoms with van der Waals surface area (Å²) >= 11 is 6.56. The van der Waals surface area contributed by atoms with Crippen molar-refractivity contribution < 1.29 is 4.74 Å². The summed E-state index contributed by atoms with van der Waals surface area (Å²) in [6.07, 6.45) is 0. The summed E-state index contributed by atoms with van der Waals surface area (Å²) in [5.74, 6) is 0.826. The Kier molecular flexibility index (Phi) is 8.71. The molecule has 0 aromatic heterocycles. The third kappa shape index (κ3) is 7.40. The molecule has 5 nitrogen and oxygen atoms in total. The first-order valence-electron chi connectivity index (χ1n) is 6.79. The highest BCUT2D eigenvalue weighted by Crippen LogP contribution is 2.16. The number of anilines is 1. The summed E-state index contributed by atoms with van der Waals surface area (Å²) < 4.78 is 5.73. The number of nitrogens with one attached hydrogen (secondary N) is 1. The Bertz CT molecular complexity index is 508. The third-order valence-corrected chi connectivity index (χ3v) is 4.17. The Labute approximate surface area is 144 Å². The van der Waals surface area contributed by atoms with Gasteiger partial charge in [-0.25, -0.2) is 0 Å². The van der Waals surface area contributed by atoms with Crippen LogP contribution in [-0.2, 0) is 0 Å². The lowest BCUT2D eigenvalue weighted by atomic mass is 10.3. The fourth-order valence-corrected chi connectivity index (χ4v) is 2.48. The van der Waals surface area contributed by atoms with Gasteiger partial charge in [0.25, 0.3) is 0 Å². The maximum atomic E-state index is 5.73. The molecule has 2 atom stereocenters. The van der Waals surface area contributed by atoms with Crippen LogP contribution >= 0.6 is 33.2 Å². The lowest BCUT2D eigenvalue weighted by Crippen LogP contribution is -2.30. The van der Waals surface area contributed by atoms with Gasteiger partial charge >= 0.3 is 0 Å². The van der Waals surface area contributed by atoms with Crippen molar-refractivity contribution in [3.05, 3.63) is 24.3 Å². The molecular formula is C14H23N4OPS2. The van der Waals surface area contributed by atoms with Gasteiger partial charge in [0.2, 0.25) is 0 Å². The quantitative estimate of drug-likeness (QED) is 0.353. The lowest BCUT2D eigenvalue weighted by Gasteiger charge is -2.20. The average molecular weight is 358 g/mol. The molecule has 0 amide bonds. The molecule has 122 valence electrons. The summed E-state index contributed by atoms with van der Waals surface area (Å²) in [7, 11) is 6.63. The van der Waals surface area contributed by atoms with Crippen LogP contribution in [0.1, 0.15) is 6.92 Å². The van der Waals surface area contributed by atoms with Gasteiger partial charge in [0.15, 0.2) is 10.3 Å². The zero-order chi connectivity index (χ0) is 16.5. The van der Waals surface area contributed by atoms with Crippen molar-refractivity contribution >= 4 is 49.2 Å². The van der Waals surface area contributed by atoms with Gasteiger partial charge in [0, 0.05) is 17.2 Å². The van der Waals surface area contributed by atoms with Gasteiger partial charge in [-0.15, -0.1) is 9.24 Å². The molecule has 0 saturated heterocycles. The Balaban J connectivity index is 2.51. The molecule has 1 aromatic carbocycles. The van der Waals surface area contributed by atoms with Crippen LogP contribution in [0.4, 0.5) is 5.69 Å². The Morgan fingerprint density at radius 2 is 2.09 bits per heavy atom. The van der Waals surface area contributed by atoms with Crippen LogP contribution in [0.25, 0.3) is 0 Å². The summed E-state index contributed by atoms with van der Waals surface area (Å²) in [5.41, 5.74) is 7.34. The number of thiocarbonyl (C=S) groups is 1. The predicted molar refractivity (Wildman–Crippen MR) is 105 cm³/mol. The van der Waals surface area contributed by atoms with Crippen molar-refractivity contribution in [1.82, 2.24) is 4.90 Å². The van der Waals surface area contributed by atoms with E-state index in [2.05, 4.69) is 31.4 Å². The molecule has 0 heterocycles. The first-order valence-corrected chi connectivity index (χ1v) is 9.00. The SMILES string of the molecule is C[C@H](COc1ccc(NC(=S)N=C(N)SCP)cc1)N(C)C. The Morgan fingerprint density at radius 1 is 1.45 bits per heavy atom. The molecular weight excluding hydrogens is 335 g/mol. The Hall–Kier alpha value is -0.880. The van der Waals surface area contributed by atoms with Crippen LogP contribution in [0.2, 0.25) is 0 Å². The van der Waals surface area contributed by atoms with E-state index in [1.807, 2.05) is 38.4 Å². The number of nitrogens with two attached hydrogens (primary N) is 1. The van der Waals surface area contributed by atoms with Crippen molar-refractivity contribution in [1.29, 1.82) is 0 Å². The summed E-state index contributed by atoms with van der Waals surface area (Å²) in [5, 5.41) is 3.82. The molecule has 0 aliphatic rings. The van der Waals surface area contributed by atoms with Crippen LogP contribution < -0.4 is 15.8 Å². The minimum absolute atomic E-state index is 0.346. The predicted octanol–water partition coefficient (Wildman–Crippen LogP) is 2.59. The molecule has 1 rings (SSSR count). The topological polar surface area (TPSA) is 62.9 Å². The molecule has 0 bridgehead atoms. The standard InChI is InChI=1S/C14H23N4OPS2/c1-10(18(2)3)8-19-12-6-4-11(5-7-12)16-14(21)17-13(15)22-9-20/h4-7,10H,8-9,20H2,1-3H3,(H3,15,16,17,21)/t10-/m1/s1. The highest BCUT2D eigenvalue weighted by Gasteiger charge is 2.05. The molecule has 22 heavy (non-hydrogen) atoms. The van der Waals surface area contributed by atoms with E-state index in [0.29, 0.717) is 22.9 Å². The van der Waals surface area contributed by atoms with Crippen molar-refractivity contribution in [2.45, 2.75) is 13.0 Å². The van der Waals surface area contributed by atoms with Crippen molar-refractivity contribution in [2.24, 2.45) is 10.7 Å². The third-order valence-electron chi connectivity index (χ3n) is 2.92. The number of hydrogen-bond acceptors (Lipinski definition) is 4. The van der Waals surface area contributed by atoms with E-state index in [0.717, 1.165) is 16.9 Å². The molecule has 0 fully saturated rings.